The second-order valence-electron chi connectivity index (χ2n) is 20.4. The molecule has 7 aliphatic heterocycles. The topological polar surface area (TPSA) is 594 Å². The molecule has 7 aliphatic rings. The maximum atomic E-state index is 12.0. The number of nitrogens with one attached hydrogen (secondary N) is 1. The largest absolute Gasteiger partial charge is 0.394 e. The lowest BCUT2D eigenvalue weighted by Gasteiger charge is -2.50. The Hall–Kier alpha value is -1.93. The van der Waals surface area contributed by atoms with Gasteiger partial charge in [0.25, 0.3) is 0 Å². The Morgan fingerprint density at radius 2 is 0.654 bits per heavy atom. The van der Waals surface area contributed by atoms with E-state index < -0.39 is 267 Å². The Morgan fingerprint density at radius 3 is 1.12 bits per heavy atom. The predicted molar refractivity (Wildman–Crippen MR) is 243 cm³/mol. The molecule has 37 heteroatoms. The summed E-state index contributed by atoms with van der Waals surface area (Å²) in [7, 11) is 0. The highest BCUT2D eigenvalue weighted by Crippen LogP contribution is 2.37. The summed E-state index contributed by atoms with van der Waals surface area (Å²) in [6.45, 7) is -5.74. The minimum Gasteiger partial charge on any atom is -0.394 e. The Kier molecular flexibility index (Phi) is 23.6. The third-order valence-electron chi connectivity index (χ3n) is 14.9. The first-order valence-electron chi connectivity index (χ1n) is 25.6. The van der Waals surface area contributed by atoms with Crippen LogP contribution in [0.5, 0.6) is 0 Å². The van der Waals surface area contributed by atoms with Gasteiger partial charge in [-0.25, -0.2) is 0 Å². The van der Waals surface area contributed by atoms with Crippen LogP contribution in [0, 0.1) is 0 Å². The van der Waals surface area contributed by atoms with Crippen LogP contribution in [0.25, 0.3) is 0 Å². The molecule has 7 heterocycles. The molecule has 0 bridgehead atoms. The molecule has 7 saturated heterocycles. The minimum atomic E-state index is -2.34. The second kappa shape index (κ2) is 28.7. The molecule has 1 amide bonds. The molecule has 0 aliphatic carbocycles. The minimum absolute atomic E-state index is 0.785. The molecule has 23 N–H and O–H groups in total. The van der Waals surface area contributed by atoms with Gasteiger partial charge in [-0.1, -0.05) is 0 Å². The summed E-state index contributed by atoms with van der Waals surface area (Å²) < 4.78 is 73.7. The molecule has 81 heavy (non-hydrogen) atoms. The number of aliphatic hydroxyl groups is 22. The number of ether oxygens (including phenoxy) is 13. The van der Waals surface area contributed by atoms with Gasteiger partial charge in [-0.15, -0.1) is 0 Å². The summed E-state index contributed by atoms with van der Waals surface area (Å²) in [6.07, 6.45) is -67.3. The third-order valence-corrected chi connectivity index (χ3v) is 14.9. The Balaban J connectivity index is 1.13. The zero-order chi connectivity index (χ0) is 59.6. The molecular weight excluding hydrogens is 1120 g/mol. The molecular formula is C44H75NO36. The van der Waals surface area contributed by atoms with E-state index in [1.807, 2.05) is 0 Å². The average molecular weight is 1190 g/mol. The number of hydrogen-bond acceptors (Lipinski definition) is 36. The normalized spacial score (nSPS) is 51.9. The van der Waals surface area contributed by atoms with Gasteiger partial charge in [0, 0.05) is 6.92 Å². The van der Waals surface area contributed by atoms with Gasteiger partial charge in [0.2, 0.25) is 5.91 Å². The van der Waals surface area contributed by atoms with Crippen LogP contribution in [0.3, 0.4) is 0 Å². The molecule has 0 spiro atoms. The molecule has 0 radical (unpaired) electrons. The Labute approximate surface area is 457 Å². The lowest BCUT2D eigenvalue weighted by molar-refractivity contribution is -0.396. The summed E-state index contributed by atoms with van der Waals surface area (Å²) in [5.74, 6) is -0.785. The predicted octanol–water partition coefficient (Wildman–Crippen LogP) is -16.1. The molecule has 7 fully saturated rings. The van der Waals surface area contributed by atoms with Crippen LogP contribution in [0.15, 0.2) is 0 Å². The fourth-order valence-corrected chi connectivity index (χ4v) is 10.2. The summed E-state index contributed by atoms with van der Waals surface area (Å²) in [4.78, 5) is 12.0. The van der Waals surface area contributed by atoms with Crippen LogP contribution in [-0.4, -0.2) is 379 Å². The van der Waals surface area contributed by atoms with E-state index in [1.165, 1.54) is 0 Å². The second-order valence-corrected chi connectivity index (χ2v) is 20.4. The molecule has 0 aromatic rings. The highest BCUT2D eigenvalue weighted by atomic mass is 16.8. The van der Waals surface area contributed by atoms with Crippen molar-refractivity contribution in [3.05, 3.63) is 0 Å². The lowest BCUT2D eigenvalue weighted by Crippen LogP contribution is -2.69. The summed E-state index contributed by atoms with van der Waals surface area (Å²) >= 11 is 0. The van der Waals surface area contributed by atoms with E-state index in [0.29, 0.717) is 0 Å². The van der Waals surface area contributed by atoms with Gasteiger partial charge in [-0.3, -0.25) is 4.79 Å². The van der Waals surface area contributed by atoms with Gasteiger partial charge in [0.05, 0.1) is 46.2 Å². The van der Waals surface area contributed by atoms with Gasteiger partial charge < -0.3 is 179 Å². The van der Waals surface area contributed by atoms with E-state index in [-0.39, 0.29) is 0 Å². The SMILES string of the molecule is CC(=O)NC1C(O)OC(CO)C(OC2OC(COC3OC(COC4OC(CO)C(O)C(O)C4OC4OC(CO)C(O)C(O)C4O)C(O)C(O)C3O)C(O)C(OC3OC(CO)C(O)C(O)C3OC3OC(CO)C(O)C(O)C3O)C2O)C1O. The van der Waals surface area contributed by atoms with Crippen molar-refractivity contribution in [3.63, 3.8) is 0 Å². The fraction of sp³-hybridized carbons (Fsp3) is 0.977. The summed E-state index contributed by atoms with van der Waals surface area (Å²) in [5.41, 5.74) is 0. The summed E-state index contributed by atoms with van der Waals surface area (Å²) in [6, 6.07) is -1.66. The van der Waals surface area contributed by atoms with Crippen molar-refractivity contribution in [2.24, 2.45) is 0 Å². The van der Waals surface area contributed by atoms with Crippen LogP contribution in [0.2, 0.25) is 0 Å². The van der Waals surface area contributed by atoms with Crippen molar-refractivity contribution in [1.29, 1.82) is 0 Å². The molecule has 7 rings (SSSR count). The van der Waals surface area contributed by atoms with E-state index in [4.69, 9.17) is 61.6 Å². The average Bonchev–Trinajstić information content (AvgIpc) is 3.49. The van der Waals surface area contributed by atoms with Crippen molar-refractivity contribution >= 4 is 5.91 Å². The first-order valence-corrected chi connectivity index (χ1v) is 25.6. The van der Waals surface area contributed by atoms with Gasteiger partial charge >= 0.3 is 0 Å². The zero-order valence-corrected chi connectivity index (χ0v) is 42.7. The Bertz CT molecular complexity index is 1940. The van der Waals surface area contributed by atoms with E-state index in [1.54, 1.807) is 0 Å². The monoisotopic (exact) mass is 1190 g/mol. The van der Waals surface area contributed by atoms with Crippen molar-refractivity contribution in [1.82, 2.24) is 5.32 Å². The standard InChI is InChI=1S/C44H75NO36/c1-9(51)45-17-24(58)34(14(6-50)71-38(17)68)78-42-33(67)35(79-44-37(29(63)21(55)13(5-49)75-44)81-41-32(66)26(60)19(53)11(3-47)73-41)23(57)16(77-42)8-69-39-30(64)27(61)22(56)15(76-39)7-70-43-36(28(62)20(54)12(4-48)74-43)80-40-31(65)25(59)18(52)10(2-46)72-40/h10-44,46-50,52-68H,2-8H2,1H3,(H,45,51). The molecule has 472 valence electrons. The molecule has 35 unspecified atom stereocenters. The first kappa shape index (κ1) is 66.6. The highest BCUT2D eigenvalue weighted by Gasteiger charge is 2.58. The van der Waals surface area contributed by atoms with Crippen molar-refractivity contribution in [3.8, 4) is 0 Å². The quantitative estimate of drug-likeness (QED) is 0.0538. The number of amides is 1. The van der Waals surface area contributed by atoms with Gasteiger partial charge in [-0.05, 0) is 0 Å². The highest BCUT2D eigenvalue weighted by molar-refractivity contribution is 5.73. The number of aliphatic hydroxyl groups excluding tert-OH is 22. The number of carbonyl (C=O) groups is 1. The maximum Gasteiger partial charge on any atom is 0.217 e. The molecule has 35 atom stereocenters. The fourth-order valence-electron chi connectivity index (χ4n) is 10.2. The third kappa shape index (κ3) is 14.2. The maximum absolute atomic E-state index is 12.0. The smallest absolute Gasteiger partial charge is 0.217 e. The Morgan fingerprint density at radius 1 is 0.321 bits per heavy atom. The van der Waals surface area contributed by atoms with Gasteiger partial charge in [-0.2, -0.15) is 0 Å². The van der Waals surface area contributed by atoms with E-state index >= 15 is 0 Å². The van der Waals surface area contributed by atoms with E-state index in [2.05, 4.69) is 5.32 Å². The van der Waals surface area contributed by atoms with Crippen molar-refractivity contribution < 1.29 is 179 Å². The number of rotatable bonds is 20. The van der Waals surface area contributed by atoms with E-state index in [0.717, 1.165) is 6.92 Å². The van der Waals surface area contributed by atoms with Crippen LogP contribution in [-0.2, 0) is 66.4 Å². The molecule has 0 aromatic heterocycles. The van der Waals surface area contributed by atoms with Gasteiger partial charge in [0.15, 0.2) is 44.0 Å². The zero-order valence-electron chi connectivity index (χ0n) is 42.7. The van der Waals surface area contributed by atoms with E-state index in [9.17, 15) is 117 Å². The van der Waals surface area contributed by atoms with Crippen molar-refractivity contribution in [2.75, 3.05) is 46.2 Å². The van der Waals surface area contributed by atoms with Crippen LogP contribution >= 0.6 is 0 Å². The van der Waals surface area contributed by atoms with Crippen molar-refractivity contribution in [2.45, 2.75) is 222 Å². The lowest BCUT2D eigenvalue weighted by atomic mass is 9.95. The number of carbonyl (C=O) groups excluding carboxylic acids is 1. The first-order chi connectivity index (χ1) is 38.3. The van der Waals surface area contributed by atoms with Crippen LogP contribution in [0.4, 0.5) is 0 Å². The summed E-state index contributed by atoms with van der Waals surface area (Å²) in [5, 5.41) is 238. The van der Waals surface area contributed by atoms with Crippen LogP contribution < -0.4 is 5.32 Å². The van der Waals surface area contributed by atoms with Gasteiger partial charge in [0.1, 0.15) is 171 Å². The van der Waals surface area contributed by atoms with Crippen LogP contribution in [0.1, 0.15) is 6.92 Å². The molecule has 0 saturated carbocycles. The molecule has 0 aromatic carbocycles. The number of hydrogen-bond donors (Lipinski definition) is 23. The molecule has 37 nitrogen and oxygen atoms in total.